The van der Waals surface area contributed by atoms with Crippen LogP contribution in [0.3, 0.4) is 0 Å². The third kappa shape index (κ3) is 5.43. The van der Waals surface area contributed by atoms with Gasteiger partial charge in [0.05, 0.1) is 13.5 Å². The van der Waals surface area contributed by atoms with E-state index in [-0.39, 0.29) is 17.7 Å². The molecule has 0 aliphatic heterocycles. The molecule has 1 aromatic heterocycles. The Labute approximate surface area is 184 Å². The first-order valence-corrected chi connectivity index (χ1v) is 10.4. The van der Waals surface area contributed by atoms with Gasteiger partial charge >= 0.3 is 0 Å². The van der Waals surface area contributed by atoms with Crippen molar-refractivity contribution in [3.63, 3.8) is 0 Å². The second kappa shape index (κ2) is 9.65. The van der Waals surface area contributed by atoms with E-state index in [9.17, 15) is 4.79 Å². The average molecular weight is 419 g/mol. The molecule has 3 aromatic rings. The molecule has 0 saturated carbocycles. The molecule has 0 radical (unpaired) electrons. The Balaban J connectivity index is 2.10. The lowest BCUT2D eigenvalue weighted by molar-refractivity contribution is -0.119. The highest BCUT2D eigenvalue weighted by Crippen LogP contribution is 2.40. The first-order valence-electron chi connectivity index (χ1n) is 10.4. The summed E-state index contributed by atoms with van der Waals surface area (Å²) in [6, 6.07) is 17.9. The number of rotatable bonds is 7. The highest BCUT2D eigenvalue weighted by Gasteiger charge is 2.24. The van der Waals surface area contributed by atoms with Crippen LogP contribution in [0.15, 0.2) is 60.8 Å². The van der Waals surface area contributed by atoms with E-state index in [1.54, 1.807) is 20.4 Å². The molecule has 162 valence electrons. The lowest BCUT2D eigenvalue weighted by Crippen LogP contribution is -2.21. The van der Waals surface area contributed by atoms with E-state index >= 15 is 0 Å². The summed E-state index contributed by atoms with van der Waals surface area (Å²) < 4.78 is 11.8. The van der Waals surface area contributed by atoms with Crippen molar-refractivity contribution in [3.05, 3.63) is 77.5 Å². The number of nitrogens with zero attached hydrogens (tertiary/aromatic N) is 1. The smallest absolute Gasteiger partial charge is 0.224 e. The second-order valence-corrected chi connectivity index (χ2v) is 8.44. The maximum atomic E-state index is 12.2. The molecule has 5 heteroatoms. The fourth-order valence-electron chi connectivity index (χ4n) is 3.47. The molecule has 5 nitrogen and oxygen atoms in total. The number of hydrogen-bond donors (Lipinski definition) is 1. The third-order valence-electron chi connectivity index (χ3n) is 5.14. The minimum Gasteiger partial charge on any atom is -0.496 e. The SMILES string of the molecule is CNC(=O)Cc1cc(OC)c(C(C)(C)C)cc1-c1cccnc1OCc1ccccc1. The van der Waals surface area contributed by atoms with Crippen LogP contribution in [0.5, 0.6) is 11.6 Å². The lowest BCUT2D eigenvalue weighted by atomic mass is 9.82. The fraction of sp³-hybridized carbons (Fsp3) is 0.308. The summed E-state index contributed by atoms with van der Waals surface area (Å²) in [6.07, 6.45) is 1.95. The van der Waals surface area contributed by atoms with E-state index in [4.69, 9.17) is 9.47 Å². The first-order chi connectivity index (χ1) is 14.8. The topological polar surface area (TPSA) is 60.5 Å². The van der Waals surface area contributed by atoms with Crippen LogP contribution in [0.2, 0.25) is 0 Å². The van der Waals surface area contributed by atoms with E-state index in [1.807, 2.05) is 48.5 Å². The number of nitrogens with one attached hydrogen (secondary N) is 1. The van der Waals surface area contributed by atoms with Gasteiger partial charge in [-0.15, -0.1) is 0 Å². The summed E-state index contributed by atoms with van der Waals surface area (Å²) in [5.41, 5.74) is 4.62. The van der Waals surface area contributed by atoms with Crippen LogP contribution in [0, 0.1) is 0 Å². The van der Waals surface area contributed by atoms with Crippen LogP contribution in [-0.2, 0) is 23.2 Å². The highest BCUT2D eigenvalue weighted by atomic mass is 16.5. The number of methoxy groups -OCH3 is 1. The van der Waals surface area contributed by atoms with Crippen molar-refractivity contribution >= 4 is 5.91 Å². The molecule has 0 fully saturated rings. The van der Waals surface area contributed by atoms with E-state index < -0.39 is 0 Å². The molecule has 3 rings (SSSR count). The lowest BCUT2D eigenvalue weighted by Gasteiger charge is -2.25. The van der Waals surface area contributed by atoms with Gasteiger partial charge in [0.2, 0.25) is 11.8 Å². The molecule has 0 spiro atoms. The second-order valence-electron chi connectivity index (χ2n) is 8.44. The number of carbonyl (C=O) groups is 1. The molecule has 0 bridgehead atoms. The number of ether oxygens (including phenoxy) is 2. The highest BCUT2D eigenvalue weighted by molar-refractivity contribution is 5.83. The number of likely N-dealkylation sites (N-methyl/N-ethyl adjacent to an activating group) is 1. The number of carbonyl (C=O) groups excluding carboxylic acids is 1. The van der Waals surface area contributed by atoms with Gasteiger partial charge in [-0.2, -0.15) is 0 Å². The molecule has 1 N–H and O–H groups in total. The molecule has 0 aliphatic carbocycles. The van der Waals surface area contributed by atoms with Crippen molar-refractivity contribution in [2.75, 3.05) is 14.2 Å². The Morgan fingerprint density at radius 1 is 1.03 bits per heavy atom. The van der Waals surface area contributed by atoms with Crippen LogP contribution in [0.4, 0.5) is 0 Å². The normalized spacial score (nSPS) is 11.1. The maximum Gasteiger partial charge on any atom is 0.224 e. The van der Waals surface area contributed by atoms with E-state index in [0.29, 0.717) is 12.5 Å². The van der Waals surface area contributed by atoms with Gasteiger partial charge in [-0.3, -0.25) is 4.79 Å². The third-order valence-corrected chi connectivity index (χ3v) is 5.14. The Morgan fingerprint density at radius 2 is 1.77 bits per heavy atom. The zero-order chi connectivity index (χ0) is 22.4. The summed E-state index contributed by atoms with van der Waals surface area (Å²) in [5.74, 6) is 1.24. The quantitative estimate of drug-likeness (QED) is 0.591. The fourth-order valence-corrected chi connectivity index (χ4v) is 3.47. The predicted molar refractivity (Wildman–Crippen MR) is 123 cm³/mol. The van der Waals surface area contributed by atoms with Gasteiger partial charge in [-0.1, -0.05) is 51.1 Å². The number of pyridine rings is 1. The van der Waals surface area contributed by atoms with Crippen LogP contribution >= 0.6 is 0 Å². The molecular weight excluding hydrogens is 388 g/mol. The Bertz CT molecular complexity index is 1040. The van der Waals surface area contributed by atoms with E-state index in [0.717, 1.165) is 33.6 Å². The van der Waals surface area contributed by atoms with Gasteiger partial charge < -0.3 is 14.8 Å². The Morgan fingerprint density at radius 3 is 2.42 bits per heavy atom. The monoisotopic (exact) mass is 418 g/mol. The van der Waals surface area contributed by atoms with Crippen molar-refractivity contribution in [1.29, 1.82) is 0 Å². The predicted octanol–water partition coefficient (Wildman–Crippen LogP) is 4.92. The molecule has 2 aromatic carbocycles. The van der Waals surface area contributed by atoms with Crippen molar-refractivity contribution in [2.45, 2.75) is 39.2 Å². The number of hydrogen-bond acceptors (Lipinski definition) is 4. The van der Waals surface area contributed by atoms with Crippen LogP contribution in [0.1, 0.15) is 37.5 Å². The molecule has 0 unspecified atom stereocenters. The zero-order valence-electron chi connectivity index (χ0n) is 18.9. The van der Waals surface area contributed by atoms with E-state index in [1.165, 1.54) is 0 Å². The minimum atomic E-state index is -0.140. The first kappa shape index (κ1) is 22.3. The maximum absolute atomic E-state index is 12.2. The summed E-state index contributed by atoms with van der Waals surface area (Å²) in [7, 11) is 3.30. The van der Waals surface area contributed by atoms with Gasteiger partial charge in [0.15, 0.2) is 0 Å². The number of aromatic nitrogens is 1. The molecule has 1 amide bonds. The summed E-state index contributed by atoms with van der Waals surface area (Å²) in [6.45, 7) is 6.84. The summed E-state index contributed by atoms with van der Waals surface area (Å²) in [4.78, 5) is 16.7. The standard InChI is InChI=1S/C26H30N2O3/c1-26(2,3)22-16-21(19(14-23(22)30-5)15-24(29)27-4)20-12-9-13-28-25(20)31-17-18-10-7-6-8-11-18/h6-14,16H,15,17H2,1-5H3,(H,27,29). The average Bonchev–Trinajstić information content (AvgIpc) is 2.77. The zero-order valence-corrected chi connectivity index (χ0v) is 18.9. The van der Waals surface area contributed by atoms with Crippen molar-refractivity contribution < 1.29 is 14.3 Å². The Kier molecular flexibility index (Phi) is 6.95. The van der Waals surface area contributed by atoms with Crippen molar-refractivity contribution in [2.24, 2.45) is 0 Å². The largest absolute Gasteiger partial charge is 0.496 e. The molecule has 0 atom stereocenters. The van der Waals surface area contributed by atoms with Crippen molar-refractivity contribution in [3.8, 4) is 22.8 Å². The van der Waals surface area contributed by atoms with Crippen LogP contribution in [-0.4, -0.2) is 25.0 Å². The number of amides is 1. The molecule has 1 heterocycles. The van der Waals surface area contributed by atoms with Crippen LogP contribution < -0.4 is 14.8 Å². The summed E-state index contributed by atoms with van der Waals surface area (Å²) >= 11 is 0. The van der Waals surface area contributed by atoms with E-state index in [2.05, 4.69) is 37.1 Å². The molecule has 31 heavy (non-hydrogen) atoms. The van der Waals surface area contributed by atoms with Gasteiger partial charge in [-0.25, -0.2) is 4.98 Å². The van der Waals surface area contributed by atoms with Gasteiger partial charge in [-0.05, 0) is 46.4 Å². The Hall–Kier alpha value is -3.34. The van der Waals surface area contributed by atoms with Gasteiger partial charge in [0.1, 0.15) is 12.4 Å². The molecular formula is C26H30N2O3. The van der Waals surface area contributed by atoms with Crippen LogP contribution in [0.25, 0.3) is 11.1 Å². The molecule has 0 saturated heterocycles. The van der Waals surface area contributed by atoms with Gasteiger partial charge in [0.25, 0.3) is 0 Å². The summed E-state index contributed by atoms with van der Waals surface area (Å²) in [5, 5.41) is 2.71. The van der Waals surface area contributed by atoms with Gasteiger partial charge in [0, 0.05) is 24.4 Å². The minimum absolute atomic E-state index is 0.0672. The van der Waals surface area contributed by atoms with Crippen molar-refractivity contribution in [1.82, 2.24) is 10.3 Å². The number of benzene rings is 2. The molecule has 0 aliphatic rings.